The number of fused-ring (bicyclic) bond motifs is 3. The predicted molar refractivity (Wildman–Crippen MR) is 159 cm³/mol. The highest BCUT2D eigenvalue weighted by Crippen LogP contribution is 2.52. The zero-order valence-electron chi connectivity index (χ0n) is 21.8. The highest BCUT2D eigenvalue weighted by Gasteiger charge is 2.47. The molecule has 0 spiro atoms. The lowest BCUT2D eigenvalue weighted by atomic mass is 9.42. The maximum Gasteiger partial charge on any atom is 0.176 e. The van der Waals surface area contributed by atoms with Crippen molar-refractivity contribution in [3.05, 3.63) is 108 Å². The maximum absolute atomic E-state index is 2.43. The first-order valence-electron chi connectivity index (χ1n) is 13.2. The fourth-order valence-electron chi connectivity index (χ4n) is 6.10. The minimum atomic E-state index is 0.391. The lowest BCUT2D eigenvalue weighted by Crippen LogP contribution is -2.27. The van der Waals surface area contributed by atoms with Crippen LogP contribution in [-0.2, 0) is 0 Å². The van der Waals surface area contributed by atoms with Gasteiger partial charge in [0.15, 0.2) is 6.71 Å². The Bertz CT molecular complexity index is 1500. The highest BCUT2D eigenvalue weighted by molar-refractivity contribution is 6.74. The topological polar surface area (TPSA) is 4.93 Å². The summed E-state index contributed by atoms with van der Waals surface area (Å²) in [7, 11) is 0. The molecule has 0 radical (unpaired) electrons. The smallest absolute Gasteiger partial charge is 0.176 e. The third-order valence-corrected chi connectivity index (χ3v) is 8.95. The van der Waals surface area contributed by atoms with Gasteiger partial charge in [0.05, 0.1) is 11.0 Å². The molecule has 0 saturated carbocycles. The van der Waals surface area contributed by atoms with Gasteiger partial charge in [-0.3, -0.25) is 0 Å². The van der Waals surface area contributed by atoms with E-state index in [1.54, 1.807) is 0 Å². The standard InChI is InChI=1S/C34H34BN/c1-33(2)23-35(24-34(33,3)4)27-19-15-25(16-20-27)13-14-26-17-21-28(22-18-26)36-31-11-7-5-9-29(31)30-10-6-8-12-32(30)36/h5-22H,23-24H2,1-4H3/b14-13+. The van der Waals surface area contributed by atoms with Crippen molar-refractivity contribution < 1.29 is 0 Å². The van der Waals surface area contributed by atoms with Crippen LogP contribution in [0.3, 0.4) is 0 Å². The summed E-state index contributed by atoms with van der Waals surface area (Å²) in [6.07, 6.45) is 6.98. The molecule has 6 rings (SSSR count). The van der Waals surface area contributed by atoms with Gasteiger partial charge in [-0.05, 0) is 46.2 Å². The van der Waals surface area contributed by atoms with Gasteiger partial charge in [-0.2, -0.15) is 0 Å². The number of benzene rings is 4. The van der Waals surface area contributed by atoms with Crippen LogP contribution in [-0.4, -0.2) is 11.3 Å². The molecule has 1 aromatic heterocycles. The van der Waals surface area contributed by atoms with Crippen molar-refractivity contribution in [2.75, 3.05) is 0 Å². The molecular formula is C34H34BN. The Morgan fingerprint density at radius 2 is 1.03 bits per heavy atom. The molecule has 0 N–H and O–H groups in total. The summed E-state index contributed by atoms with van der Waals surface area (Å²) in [5, 5.41) is 2.59. The third-order valence-electron chi connectivity index (χ3n) is 8.95. The second-order valence-corrected chi connectivity index (χ2v) is 11.8. The molecule has 178 valence electrons. The van der Waals surface area contributed by atoms with Crippen LogP contribution in [0.15, 0.2) is 97.1 Å². The van der Waals surface area contributed by atoms with Crippen molar-refractivity contribution in [3.8, 4) is 5.69 Å². The molecular weight excluding hydrogens is 433 g/mol. The second kappa shape index (κ2) is 8.55. The first-order chi connectivity index (χ1) is 17.3. The first-order valence-corrected chi connectivity index (χ1v) is 13.2. The molecule has 36 heavy (non-hydrogen) atoms. The number of hydrogen-bond donors (Lipinski definition) is 0. The molecule has 1 fully saturated rings. The van der Waals surface area contributed by atoms with E-state index in [0.717, 1.165) is 0 Å². The van der Waals surface area contributed by atoms with E-state index in [0.29, 0.717) is 17.5 Å². The second-order valence-electron chi connectivity index (χ2n) is 11.8. The Hall–Kier alpha value is -3.52. The Morgan fingerprint density at radius 1 is 0.583 bits per heavy atom. The van der Waals surface area contributed by atoms with E-state index in [1.807, 2.05) is 0 Å². The van der Waals surface area contributed by atoms with Crippen molar-refractivity contribution in [2.45, 2.75) is 40.3 Å². The molecule has 0 amide bonds. The Labute approximate surface area is 215 Å². The highest BCUT2D eigenvalue weighted by atomic mass is 15.0. The monoisotopic (exact) mass is 467 g/mol. The minimum absolute atomic E-state index is 0.391. The first kappa shape index (κ1) is 22.9. The van der Waals surface area contributed by atoms with E-state index >= 15 is 0 Å². The molecule has 2 heterocycles. The van der Waals surface area contributed by atoms with Gasteiger partial charge < -0.3 is 4.57 Å². The zero-order valence-corrected chi connectivity index (χ0v) is 21.8. The molecule has 1 aliphatic heterocycles. The van der Waals surface area contributed by atoms with Crippen LogP contribution in [0, 0.1) is 10.8 Å². The number of rotatable bonds is 4. The van der Waals surface area contributed by atoms with Crippen molar-refractivity contribution in [1.82, 2.24) is 4.57 Å². The number of para-hydroxylation sites is 2. The SMILES string of the molecule is CC1(C)CB(c2ccc(/C=C/c3ccc(-n4c5ccccc5c5ccccc54)cc3)cc2)CC1(C)C. The van der Waals surface area contributed by atoms with Crippen LogP contribution >= 0.6 is 0 Å². The quantitative estimate of drug-likeness (QED) is 0.184. The summed E-state index contributed by atoms with van der Waals surface area (Å²) in [5.74, 6) is 0. The van der Waals surface area contributed by atoms with Crippen LogP contribution in [0.5, 0.6) is 0 Å². The minimum Gasteiger partial charge on any atom is -0.309 e. The van der Waals surface area contributed by atoms with Gasteiger partial charge in [0.2, 0.25) is 0 Å². The van der Waals surface area contributed by atoms with Crippen LogP contribution in [0.1, 0.15) is 38.8 Å². The van der Waals surface area contributed by atoms with Crippen LogP contribution < -0.4 is 5.46 Å². The summed E-state index contributed by atoms with van der Waals surface area (Å²) in [4.78, 5) is 0. The van der Waals surface area contributed by atoms with E-state index in [1.165, 1.54) is 56.7 Å². The molecule has 4 aromatic carbocycles. The van der Waals surface area contributed by atoms with Crippen molar-refractivity contribution in [3.63, 3.8) is 0 Å². The summed E-state index contributed by atoms with van der Waals surface area (Å²) in [6, 6.07) is 35.4. The van der Waals surface area contributed by atoms with Gasteiger partial charge >= 0.3 is 0 Å². The maximum atomic E-state index is 2.43. The fourth-order valence-corrected chi connectivity index (χ4v) is 6.10. The molecule has 0 aliphatic carbocycles. The van der Waals surface area contributed by atoms with Crippen molar-refractivity contribution in [1.29, 1.82) is 0 Å². The lowest BCUT2D eigenvalue weighted by molar-refractivity contribution is 0.177. The van der Waals surface area contributed by atoms with Gasteiger partial charge in [-0.15, -0.1) is 0 Å². The molecule has 2 heteroatoms. The van der Waals surface area contributed by atoms with Crippen LogP contribution in [0.2, 0.25) is 12.6 Å². The molecule has 1 nitrogen and oxygen atoms in total. The lowest BCUT2D eigenvalue weighted by Gasteiger charge is -2.35. The predicted octanol–water partition coefficient (Wildman–Crippen LogP) is 8.72. The van der Waals surface area contributed by atoms with E-state index < -0.39 is 0 Å². The van der Waals surface area contributed by atoms with Crippen LogP contribution in [0.4, 0.5) is 0 Å². The molecule has 1 aliphatic rings. The third kappa shape index (κ3) is 3.90. The summed E-state index contributed by atoms with van der Waals surface area (Å²) in [5.41, 5.74) is 8.41. The van der Waals surface area contributed by atoms with Gasteiger partial charge in [-0.1, -0.05) is 131 Å². The zero-order chi connectivity index (χ0) is 24.9. The van der Waals surface area contributed by atoms with Crippen LogP contribution in [0.25, 0.3) is 39.6 Å². The molecule has 5 aromatic rings. The number of nitrogens with zero attached hydrogens (tertiary/aromatic N) is 1. The molecule has 1 saturated heterocycles. The fraction of sp³-hybridized carbons (Fsp3) is 0.235. The van der Waals surface area contributed by atoms with Gasteiger partial charge in [-0.25, -0.2) is 0 Å². The van der Waals surface area contributed by atoms with E-state index in [4.69, 9.17) is 0 Å². The Kier molecular flexibility index (Phi) is 5.45. The largest absolute Gasteiger partial charge is 0.309 e. The summed E-state index contributed by atoms with van der Waals surface area (Å²) < 4.78 is 2.36. The Balaban J connectivity index is 1.22. The Morgan fingerprint density at radius 3 is 1.53 bits per heavy atom. The summed E-state index contributed by atoms with van der Waals surface area (Å²) in [6.45, 7) is 10.4. The van der Waals surface area contributed by atoms with Gasteiger partial charge in [0, 0.05) is 16.5 Å². The van der Waals surface area contributed by atoms with E-state index in [-0.39, 0.29) is 0 Å². The number of aromatic nitrogens is 1. The van der Waals surface area contributed by atoms with Crippen molar-refractivity contribution in [2.24, 2.45) is 10.8 Å². The molecule has 0 unspecified atom stereocenters. The average molecular weight is 467 g/mol. The van der Waals surface area contributed by atoms with E-state index in [9.17, 15) is 0 Å². The summed E-state index contributed by atoms with van der Waals surface area (Å²) >= 11 is 0. The van der Waals surface area contributed by atoms with E-state index in [2.05, 4.69) is 141 Å². The van der Waals surface area contributed by atoms with Gasteiger partial charge in [0.1, 0.15) is 0 Å². The number of hydrogen-bond acceptors (Lipinski definition) is 0. The molecule has 0 atom stereocenters. The van der Waals surface area contributed by atoms with Gasteiger partial charge in [0.25, 0.3) is 0 Å². The average Bonchev–Trinajstić information content (AvgIpc) is 3.33. The molecule has 0 bridgehead atoms. The van der Waals surface area contributed by atoms with Crippen molar-refractivity contribution >= 4 is 46.1 Å². The normalized spacial score (nSPS) is 16.9.